The molecule has 0 bridgehead atoms. The summed E-state index contributed by atoms with van der Waals surface area (Å²) in [6.07, 6.45) is 10.3. The van der Waals surface area contributed by atoms with Crippen LogP contribution in [0.1, 0.15) is 57.4 Å². The zero-order chi connectivity index (χ0) is 13.8. The molecule has 0 spiro atoms. The smallest absolute Gasteiger partial charge is 0.128 e. The highest BCUT2D eigenvalue weighted by Gasteiger charge is 2.00. The topological polar surface area (TPSA) is 41.8 Å². The van der Waals surface area contributed by atoms with Crippen LogP contribution in [0, 0.1) is 0 Å². The summed E-state index contributed by atoms with van der Waals surface area (Å²) in [5.74, 6) is 0.784. The van der Waals surface area contributed by atoms with E-state index in [0.717, 1.165) is 24.3 Å². The van der Waals surface area contributed by atoms with Gasteiger partial charge in [-0.25, -0.2) is 0 Å². The molecule has 3 heteroatoms. The summed E-state index contributed by atoms with van der Waals surface area (Å²) < 4.78 is 5.72. The number of nitrogens with zero attached hydrogens (tertiary/aromatic N) is 1. The van der Waals surface area contributed by atoms with Crippen molar-refractivity contribution in [3.63, 3.8) is 0 Å². The van der Waals surface area contributed by atoms with Gasteiger partial charge in [0.25, 0.3) is 0 Å². The number of benzene rings is 1. The van der Waals surface area contributed by atoms with Gasteiger partial charge in [0, 0.05) is 5.56 Å². The maximum atomic E-state index is 8.57. The molecule has 0 aliphatic rings. The van der Waals surface area contributed by atoms with E-state index in [-0.39, 0.29) is 0 Å². The second-order valence-corrected chi connectivity index (χ2v) is 4.75. The molecule has 0 radical (unpaired) electrons. The normalized spacial score (nSPS) is 11.0. The minimum absolute atomic E-state index is 0.726. The van der Waals surface area contributed by atoms with E-state index in [2.05, 4.69) is 12.1 Å². The summed E-state index contributed by atoms with van der Waals surface area (Å²) in [6, 6.07) is 7.60. The van der Waals surface area contributed by atoms with Gasteiger partial charge >= 0.3 is 0 Å². The van der Waals surface area contributed by atoms with Crippen molar-refractivity contribution < 1.29 is 9.94 Å². The van der Waals surface area contributed by atoms with Crippen LogP contribution in [0.3, 0.4) is 0 Å². The Balaban J connectivity index is 2.15. The van der Waals surface area contributed by atoms with Crippen LogP contribution in [0.2, 0.25) is 0 Å². The van der Waals surface area contributed by atoms with Gasteiger partial charge in [-0.05, 0) is 18.6 Å². The molecule has 0 aliphatic carbocycles. The largest absolute Gasteiger partial charge is 0.493 e. The summed E-state index contributed by atoms with van der Waals surface area (Å²) in [6.45, 7) is 2.96. The third kappa shape index (κ3) is 6.85. The maximum Gasteiger partial charge on any atom is 0.128 e. The molecule has 0 aromatic heterocycles. The van der Waals surface area contributed by atoms with E-state index >= 15 is 0 Å². The summed E-state index contributed by atoms with van der Waals surface area (Å²) >= 11 is 0. The average Bonchev–Trinajstić information content (AvgIpc) is 2.44. The first-order valence-electron chi connectivity index (χ1n) is 7.27. The van der Waals surface area contributed by atoms with Crippen LogP contribution in [0.4, 0.5) is 0 Å². The van der Waals surface area contributed by atoms with Gasteiger partial charge in [0.2, 0.25) is 0 Å². The van der Waals surface area contributed by atoms with E-state index in [9.17, 15) is 0 Å². The van der Waals surface area contributed by atoms with E-state index in [1.165, 1.54) is 44.7 Å². The Bertz CT molecular complexity index is 364. The average molecular weight is 263 g/mol. The third-order valence-corrected chi connectivity index (χ3v) is 3.12. The SMILES string of the molecule is CCCCCCCCCOc1ccccc1C=NO. The first-order chi connectivity index (χ1) is 9.38. The van der Waals surface area contributed by atoms with Gasteiger partial charge in [0.1, 0.15) is 5.75 Å². The Morgan fingerprint density at radius 2 is 1.74 bits per heavy atom. The number of rotatable bonds is 10. The van der Waals surface area contributed by atoms with E-state index in [0.29, 0.717) is 0 Å². The molecular weight excluding hydrogens is 238 g/mol. The lowest BCUT2D eigenvalue weighted by Gasteiger charge is -2.08. The Morgan fingerprint density at radius 1 is 1.05 bits per heavy atom. The lowest BCUT2D eigenvalue weighted by atomic mass is 10.1. The van der Waals surface area contributed by atoms with E-state index in [1.54, 1.807) is 0 Å². The second kappa shape index (κ2) is 10.4. The fourth-order valence-electron chi connectivity index (χ4n) is 2.02. The molecule has 3 nitrogen and oxygen atoms in total. The van der Waals surface area contributed by atoms with Crippen LogP contribution in [0.15, 0.2) is 29.4 Å². The molecular formula is C16H25NO2. The van der Waals surface area contributed by atoms with Crippen LogP contribution >= 0.6 is 0 Å². The summed E-state index contributed by atoms with van der Waals surface area (Å²) in [4.78, 5) is 0. The van der Waals surface area contributed by atoms with Crippen molar-refractivity contribution in [3.05, 3.63) is 29.8 Å². The molecule has 19 heavy (non-hydrogen) atoms. The predicted molar refractivity (Wildman–Crippen MR) is 79.3 cm³/mol. The quantitative estimate of drug-likeness (QED) is 0.289. The first-order valence-corrected chi connectivity index (χ1v) is 7.27. The molecule has 0 atom stereocenters. The predicted octanol–water partition coefficient (Wildman–Crippen LogP) is 4.62. The van der Waals surface area contributed by atoms with Crippen LogP contribution in [0.25, 0.3) is 0 Å². The lowest BCUT2D eigenvalue weighted by molar-refractivity contribution is 0.302. The standard InChI is InChI=1S/C16H25NO2/c1-2-3-4-5-6-7-10-13-19-16-12-9-8-11-15(16)14-17-18/h8-9,11-12,14,18H,2-7,10,13H2,1H3. The highest BCUT2D eigenvalue weighted by atomic mass is 16.5. The van der Waals surface area contributed by atoms with Crippen LogP contribution < -0.4 is 4.74 Å². The molecule has 0 amide bonds. The summed E-state index contributed by atoms with van der Waals surface area (Å²) in [7, 11) is 0. The Labute approximate surface area is 116 Å². The lowest BCUT2D eigenvalue weighted by Crippen LogP contribution is -2.00. The second-order valence-electron chi connectivity index (χ2n) is 4.75. The number of hydrogen-bond acceptors (Lipinski definition) is 3. The molecule has 0 heterocycles. The molecule has 0 saturated heterocycles. The van der Waals surface area contributed by atoms with Crippen molar-refractivity contribution >= 4 is 6.21 Å². The highest BCUT2D eigenvalue weighted by molar-refractivity contribution is 5.82. The number of unbranched alkanes of at least 4 members (excludes halogenated alkanes) is 6. The Morgan fingerprint density at radius 3 is 2.47 bits per heavy atom. The number of ether oxygens (including phenoxy) is 1. The molecule has 0 saturated carbocycles. The van der Waals surface area contributed by atoms with Gasteiger partial charge in [-0.2, -0.15) is 0 Å². The van der Waals surface area contributed by atoms with Crippen molar-refractivity contribution in [2.24, 2.45) is 5.16 Å². The van der Waals surface area contributed by atoms with Crippen LogP contribution in [-0.2, 0) is 0 Å². The van der Waals surface area contributed by atoms with Crippen molar-refractivity contribution in [3.8, 4) is 5.75 Å². The summed E-state index contributed by atoms with van der Waals surface area (Å²) in [5, 5.41) is 11.6. The van der Waals surface area contributed by atoms with Gasteiger partial charge in [-0.15, -0.1) is 0 Å². The fourth-order valence-corrected chi connectivity index (χ4v) is 2.02. The molecule has 1 N–H and O–H groups in total. The van der Waals surface area contributed by atoms with Gasteiger partial charge in [0.15, 0.2) is 0 Å². The van der Waals surface area contributed by atoms with E-state index < -0.39 is 0 Å². The minimum Gasteiger partial charge on any atom is -0.493 e. The maximum absolute atomic E-state index is 8.57. The Kier molecular flexibility index (Phi) is 8.52. The minimum atomic E-state index is 0.726. The van der Waals surface area contributed by atoms with Crippen LogP contribution in [0.5, 0.6) is 5.75 Å². The van der Waals surface area contributed by atoms with Crippen LogP contribution in [-0.4, -0.2) is 18.0 Å². The molecule has 1 rings (SSSR count). The Hall–Kier alpha value is -1.51. The molecule has 106 valence electrons. The van der Waals surface area contributed by atoms with Crippen molar-refractivity contribution in [1.29, 1.82) is 0 Å². The van der Waals surface area contributed by atoms with Crippen molar-refractivity contribution in [2.75, 3.05) is 6.61 Å². The van der Waals surface area contributed by atoms with E-state index in [1.807, 2.05) is 24.3 Å². The van der Waals surface area contributed by atoms with Gasteiger partial charge in [0.05, 0.1) is 12.8 Å². The third-order valence-electron chi connectivity index (χ3n) is 3.12. The molecule has 0 unspecified atom stereocenters. The highest BCUT2D eigenvalue weighted by Crippen LogP contribution is 2.16. The van der Waals surface area contributed by atoms with Gasteiger partial charge in [-0.3, -0.25) is 0 Å². The zero-order valence-electron chi connectivity index (χ0n) is 11.8. The monoisotopic (exact) mass is 263 g/mol. The number of oxime groups is 1. The van der Waals surface area contributed by atoms with Crippen molar-refractivity contribution in [2.45, 2.75) is 51.9 Å². The summed E-state index contributed by atoms with van der Waals surface area (Å²) in [5.41, 5.74) is 0.813. The van der Waals surface area contributed by atoms with Gasteiger partial charge < -0.3 is 9.94 Å². The molecule has 1 aromatic carbocycles. The van der Waals surface area contributed by atoms with E-state index in [4.69, 9.17) is 9.94 Å². The first kappa shape index (κ1) is 15.5. The number of hydrogen-bond donors (Lipinski definition) is 1. The van der Waals surface area contributed by atoms with Gasteiger partial charge in [-0.1, -0.05) is 62.7 Å². The number of para-hydroxylation sites is 1. The molecule has 0 aliphatic heterocycles. The fraction of sp³-hybridized carbons (Fsp3) is 0.562. The van der Waals surface area contributed by atoms with Crippen molar-refractivity contribution in [1.82, 2.24) is 0 Å². The molecule has 0 fully saturated rings. The molecule has 1 aromatic rings. The zero-order valence-corrected chi connectivity index (χ0v) is 11.8.